The first kappa shape index (κ1) is 14.7. The highest BCUT2D eigenvalue weighted by Gasteiger charge is 2.27. The van der Waals surface area contributed by atoms with Crippen LogP contribution < -0.4 is 5.73 Å². The van der Waals surface area contributed by atoms with Crippen molar-refractivity contribution in [2.24, 2.45) is 10.7 Å². The molecular formula is C11H19IN4S. The van der Waals surface area contributed by atoms with Crippen molar-refractivity contribution in [3.63, 3.8) is 0 Å². The molecule has 0 amide bonds. The number of hydrogen-bond donors (Lipinski definition) is 1. The fourth-order valence-corrected chi connectivity index (χ4v) is 2.37. The number of nitrogens with zero attached hydrogens (tertiary/aromatic N) is 3. The molecule has 2 rings (SSSR count). The van der Waals surface area contributed by atoms with E-state index in [0.717, 1.165) is 10.7 Å². The zero-order valence-corrected chi connectivity index (χ0v) is 13.6. The van der Waals surface area contributed by atoms with Gasteiger partial charge in [0.1, 0.15) is 5.01 Å². The molecule has 2 N–H and O–H groups in total. The van der Waals surface area contributed by atoms with E-state index in [2.05, 4.69) is 21.8 Å². The highest BCUT2D eigenvalue weighted by molar-refractivity contribution is 14.0. The van der Waals surface area contributed by atoms with Gasteiger partial charge in [-0.2, -0.15) is 0 Å². The number of aromatic nitrogens is 1. The number of nitrogens with two attached hydrogens (primary N) is 1. The van der Waals surface area contributed by atoms with Crippen LogP contribution in [-0.4, -0.2) is 28.9 Å². The van der Waals surface area contributed by atoms with Gasteiger partial charge in [-0.15, -0.1) is 35.3 Å². The minimum atomic E-state index is 0. The summed E-state index contributed by atoms with van der Waals surface area (Å²) in [7, 11) is 2.01. The normalized spacial score (nSPS) is 15.6. The second-order valence-electron chi connectivity index (χ2n) is 4.27. The summed E-state index contributed by atoms with van der Waals surface area (Å²) in [4.78, 5) is 12.1. The van der Waals surface area contributed by atoms with Crippen molar-refractivity contribution < 1.29 is 0 Å². The number of aliphatic imine (C=N–C) groups is 1. The Morgan fingerprint density at radius 1 is 1.53 bits per heavy atom. The van der Waals surface area contributed by atoms with E-state index >= 15 is 0 Å². The topological polar surface area (TPSA) is 54.5 Å². The number of hydrogen-bond acceptors (Lipinski definition) is 3. The Labute approximate surface area is 123 Å². The molecule has 0 radical (unpaired) electrons. The smallest absolute Gasteiger partial charge is 0.191 e. The van der Waals surface area contributed by atoms with Crippen LogP contribution in [0.25, 0.3) is 0 Å². The third-order valence-electron chi connectivity index (χ3n) is 2.91. The predicted octanol–water partition coefficient (Wildman–Crippen LogP) is 2.29. The molecule has 1 heterocycles. The zero-order chi connectivity index (χ0) is 11.7. The van der Waals surface area contributed by atoms with Crippen molar-refractivity contribution in [1.82, 2.24) is 9.88 Å². The molecule has 0 saturated heterocycles. The Bertz CT molecular complexity index is 392. The first-order chi connectivity index (χ1) is 7.58. The van der Waals surface area contributed by atoms with Crippen LogP contribution in [0.15, 0.2) is 4.99 Å². The zero-order valence-electron chi connectivity index (χ0n) is 10.4. The molecule has 17 heavy (non-hydrogen) atoms. The second kappa shape index (κ2) is 5.99. The lowest BCUT2D eigenvalue weighted by atomic mass is 10.4. The molecule has 0 aliphatic heterocycles. The third kappa shape index (κ3) is 3.80. The highest BCUT2D eigenvalue weighted by atomic mass is 127. The molecule has 96 valence electrons. The standard InChI is InChI=1S/C11H18N4S.HI/c1-7-8(2)16-10(14-7)6-13-11(12)15(3)9-4-5-9;/h9H,4-6H2,1-3H3,(H2,12,13);1H. The monoisotopic (exact) mass is 366 g/mol. The predicted molar refractivity (Wildman–Crippen MR) is 83.1 cm³/mol. The molecule has 0 atom stereocenters. The van der Waals surface area contributed by atoms with Crippen LogP contribution in [0.1, 0.15) is 28.4 Å². The number of thiazole rings is 1. The summed E-state index contributed by atoms with van der Waals surface area (Å²) in [5, 5.41) is 1.04. The molecule has 6 heteroatoms. The van der Waals surface area contributed by atoms with E-state index in [4.69, 9.17) is 5.73 Å². The molecule has 1 aromatic heterocycles. The van der Waals surface area contributed by atoms with E-state index in [0.29, 0.717) is 18.5 Å². The van der Waals surface area contributed by atoms with Gasteiger partial charge in [0.15, 0.2) is 5.96 Å². The minimum absolute atomic E-state index is 0. The highest BCUT2D eigenvalue weighted by Crippen LogP contribution is 2.25. The van der Waals surface area contributed by atoms with Gasteiger partial charge in [0.05, 0.1) is 12.2 Å². The van der Waals surface area contributed by atoms with Gasteiger partial charge in [0, 0.05) is 18.0 Å². The Kier molecular flexibility index (Phi) is 5.18. The summed E-state index contributed by atoms with van der Waals surface area (Å²) in [6.45, 7) is 4.71. The lowest BCUT2D eigenvalue weighted by Crippen LogP contribution is -2.35. The maximum Gasteiger partial charge on any atom is 0.191 e. The molecule has 1 aromatic rings. The fraction of sp³-hybridized carbons (Fsp3) is 0.636. The van der Waals surface area contributed by atoms with E-state index in [9.17, 15) is 0 Å². The van der Waals surface area contributed by atoms with Crippen molar-refractivity contribution in [2.75, 3.05) is 7.05 Å². The van der Waals surface area contributed by atoms with Crippen molar-refractivity contribution >= 4 is 41.3 Å². The largest absolute Gasteiger partial charge is 0.370 e. The molecule has 0 bridgehead atoms. The van der Waals surface area contributed by atoms with Crippen molar-refractivity contribution in [3.8, 4) is 0 Å². The van der Waals surface area contributed by atoms with Gasteiger partial charge in [-0.05, 0) is 26.7 Å². The summed E-state index contributed by atoms with van der Waals surface area (Å²) in [6, 6.07) is 0.614. The van der Waals surface area contributed by atoms with E-state index in [1.165, 1.54) is 17.7 Å². The van der Waals surface area contributed by atoms with Crippen LogP contribution in [0.2, 0.25) is 0 Å². The van der Waals surface area contributed by atoms with Gasteiger partial charge >= 0.3 is 0 Å². The van der Waals surface area contributed by atoms with Gasteiger partial charge in [-0.3, -0.25) is 0 Å². The molecule has 1 aliphatic rings. The van der Waals surface area contributed by atoms with E-state index in [1.807, 2.05) is 14.0 Å². The lowest BCUT2D eigenvalue weighted by Gasteiger charge is -2.16. The maximum absolute atomic E-state index is 5.90. The van der Waals surface area contributed by atoms with Crippen molar-refractivity contribution in [2.45, 2.75) is 39.3 Å². The first-order valence-corrected chi connectivity index (χ1v) is 6.35. The average molecular weight is 366 g/mol. The Morgan fingerprint density at radius 2 is 2.18 bits per heavy atom. The molecule has 0 aromatic carbocycles. The molecule has 1 saturated carbocycles. The Morgan fingerprint density at radius 3 is 2.65 bits per heavy atom. The van der Waals surface area contributed by atoms with Crippen LogP contribution in [0.4, 0.5) is 0 Å². The van der Waals surface area contributed by atoms with Crippen LogP contribution in [0.5, 0.6) is 0 Å². The molecule has 1 fully saturated rings. The van der Waals surface area contributed by atoms with Crippen LogP contribution in [-0.2, 0) is 6.54 Å². The summed E-state index contributed by atoms with van der Waals surface area (Å²) >= 11 is 1.70. The number of halogens is 1. The summed E-state index contributed by atoms with van der Waals surface area (Å²) < 4.78 is 0. The SMILES string of the molecule is Cc1nc(CN=C(N)N(C)C2CC2)sc1C.I. The summed E-state index contributed by atoms with van der Waals surface area (Å²) in [6.07, 6.45) is 2.48. The number of rotatable bonds is 3. The van der Waals surface area contributed by atoms with Crippen LogP contribution >= 0.6 is 35.3 Å². The lowest BCUT2D eigenvalue weighted by molar-refractivity contribution is 0.487. The van der Waals surface area contributed by atoms with Gasteiger partial charge in [0.25, 0.3) is 0 Å². The molecule has 0 spiro atoms. The Hall–Kier alpha value is -0.370. The Balaban J connectivity index is 0.00000144. The minimum Gasteiger partial charge on any atom is -0.370 e. The van der Waals surface area contributed by atoms with Gasteiger partial charge in [-0.1, -0.05) is 0 Å². The second-order valence-corrected chi connectivity index (χ2v) is 5.55. The van der Waals surface area contributed by atoms with Gasteiger partial charge in [0.2, 0.25) is 0 Å². The van der Waals surface area contributed by atoms with E-state index < -0.39 is 0 Å². The first-order valence-electron chi connectivity index (χ1n) is 5.53. The quantitative estimate of drug-likeness (QED) is 0.507. The number of guanidine groups is 1. The molecular weight excluding hydrogens is 347 g/mol. The third-order valence-corrected chi connectivity index (χ3v) is 3.96. The number of aryl methyl sites for hydroxylation is 2. The summed E-state index contributed by atoms with van der Waals surface area (Å²) in [5.74, 6) is 0.632. The van der Waals surface area contributed by atoms with Crippen LogP contribution in [0.3, 0.4) is 0 Å². The van der Waals surface area contributed by atoms with Gasteiger partial charge in [-0.25, -0.2) is 9.98 Å². The van der Waals surface area contributed by atoms with Gasteiger partial charge < -0.3 is 10.6 Å². The van der Waals surface area contributed by atoms with Crippen LogP contribution in [0, 0.1) is 13.8 Å². The van der Waals surface area contributed by atoms with E-state index in [-0.39, 0.29) is 24.0 Å². The molecule has 0 unspecified atom stereocenters. The fourth-order valence-electron chi connectivity index (χ4n) is 1.52. The molecule has 4 nitrogen and oxygen atoms in total. The maximum atomic E-state index is 5.90. The summed E-state index contributed by atoms with van der Waals surface area (Å²) in [5.41, 5.74) is 7.00. The van der Waals surface area contributed by atoms with Crippen molar-refractivity contribution in [1.29, 1.82) is 0 Å². The average Bonchev–Trinajstić information content (AvgIpc) is 3.03. The van der Waals surface area contributed by atoms with Crippen molar-refractivity contribution in [3.05, 3.63) is 15.6 Å². The molecule has 1 aliphatic carbocycles. The van der Waals surface area contributed by atoms with E-state index in [1.54, 1.807) is 11.3 Å².